The molecule has 2 aromatic rings. The number of hydrogen-bond acceptors (Lipinski definition) is 3. The van der Waals surface area contributed by atoms with E-state index in [0.717, 1.165) is 11.1 Å². The molecule has 0 unspecified atom stereocenters. The molecule has 1 aromatic carbocycles. The first-order valence-electron chi connectivity index (χ1n) is 5.12. The first-order chi connectivity index (χ1) is 7.59. The third kappa shape index (κ3) is 1.74. The van der Waals surface area contributed by atoms with E-state index in [1.807, 2.05) is 19.9 Å². The number of benzene rings is 1. The largest absolute Gasteiger partial charge is 0.277 e. The number of nitro benzene ring substituents is 1. The Balaban J connectivity index is 2.73. The quantitative estimate of drug-likeness (QED) is 0.571. The van der Waals surface area contributed by atoms with Crippen molar-refractivity contribution in [1.82, 2.24) is 4.98 Å². The van der Waals surface area contributed by atoms with Gasteiger partial charge in [-0.3, -0.25) is 15.1 Å². The Morgan fingerprint density at radius 1 is 1.38 bits per heavy atom. The Morgan fingerprint density at radius 3 is 2.75 bits per heavy atom. The Morgan fingerprint density at radius 2 is 2.12 bits per heavy atom. The molecule has 82 valence electrons. The van der Waals surface area contributed by atoms with Crippen LogP contribution in [0.4, 0.5) is 5.69 Å². The van der Waals surface area contributed by atoms with Crippen LogP contribution in [0.1, 0.15) is 25.5 Å². The first-order valence-corrected chi connectivity index (χ1v) is 5.12. The number of non-ortho nitro benzene ring substituents is 1. The summed E-state index contributed by atoms with van der Waals surface area (Å²) >= 11 is 0. The van der Waals surface area contributed by atoms with Crippen LogP contribution >= 0.6 is 0 Å². The van der Waals surface area contributed by atoms with Crippen molar-refractivity contribution in [2.45, 2.75) is 19.8 Å². The number of hydrogen-bond donors (Lipinski definition) is 0. The van der Waals surface area contributed by atoms with Crippen LogP contribution in [0.2, 0.25) is 0 Å². The minimum absolute atomic E-state index is 0.141. The predicted octanol–water partition coefficient (Wildman–Crippen LogP) is 3.27. The summed E-state index contributed by atoms with van der Waals surface area (Å²) in [6, 6.07) is 6.83. The van der Waals surface area contributed by atoms with Crippen LogP contribution in [0.25, 0.3) is 10.8 Å². The second-order valence-corrected chi connectivity index (χ2v) is 4.02. The maximum Gasteiger partial charge on any atom is 0.277 e. The summed E-state index contributed by atoms with van der Waals surface area (Å²) in [5, 5.41) is 12.3. The predicted molar refractivity (Wildman–Crippen MR) is 62.5 cm³/mol. The van der Waals surface area contributed by atoms with Crippen molar-refractivity contribution in [3.8, 4) is 0 Å². The lowest BCUT2D eigenvalue weighted by Gasteiger charge is -2.05. The van der Waals surface area contributed by atoms with E-state index in [0.29, 0.717) is 5.39 Å². The minimum Gasteiger partial charge on any atom is -0.260 e. The number of nitrogens with zero attached hydrogens (tertiary/aromatic N) is 2. The number of nitro groups is 1. The smallest absolute Gasteiger partial charge is 0.260 e. The van der Waals surface area contributed by atoms with Crippen LogP contribution in [-0.4, -0.2) is 9.91 Å². The summed E-state index contributed by atoms with van der Waals surface area (Å²) in [6.45, 7) is 4.03. The van der Waals surface area contributed by atoms with Gasteiger partial charge in [0.15, 0.2) is 0 Å². The fourth-order valence-corrected chi connectivity index (χ4v) is 1.64. The average Bonchev–Trinajstić information content (AvgIpc) is 2.27. The van der Waals surface area contributed by atoms with Gasteiger partial charge in [-0.1, -0.05) is 26.0 Å². The van der Waals surface area contributed by atoms with Crippen molar-refractivity contribution in [3.05, 3.63) is 46.3 Å². The Labute approximate surface area is 93.1 Å². The molecular weight excluding hydrogens is 204 g/mol. The van der Waals surface area contributed by atoms with Gasteiger partial charge >= 0.3 is 0 Å². The van der Waals surface area contributed by atoms with Gasteiger partial charge in [0.2, 0.25) is 0 Å². The number of aromatic nitrogens is 1. The van der Waals surface area contributed by atoms with Crippen molar-refractivity contribution in [1.29, 1.82) is 0 Å². The van der Waals surface area contributed by atoms with E-state index in [1.165, 1.54) is 6.07 Å². The van der Waals surface area contributed by atoms with Gasteiger partial charge in [-0.05, 0) is 12.0 Å². The van der Waals surface area contributed by atoms with Gasteiger partial charge in [-0.25, -0.2) is 0 Å². The summed E-state index contributed by atoms with van der Waals surface area (Å²) in [7, 11) is 0. The lowest BCUT2D eigenvalue weighted by atomic mass is 10.1. The summed E-state index contributed by atoms with van der Waals surface area (Å²) in [6.07, 6.45) is 1.69. The molecule has 4 nitrogen and oxygen atoms in total. The van der Waals surface area contributed by atoms with Gasteiger partial charge in [0.05, 0.1) is 10.3 Å². The van der Waals surface area contributed by atoms with Crippen LogP contribution in [0.15, 0.2) is 30.5 Å². The third-order valence-corrected chi connectivity index (χ3v) is 2.55. The molecular formula is C12H12N2O2. The van der Waals surface area contributed by atoms with Gasteiger partial charge in [-0.2, -0.15) is 0 Å². The van der Waals surface area contributed by atoms with Crippen LogP contribution in [0.3, 0.4) is 0 Å². The van der Waals surface area contributed by atoms with Gasteiger partial charge in [0, 0.05) is 23.3 Å². The van der Waals surface area contributed by atoms with E-state index in [1.54, 1.807) is 18.3 Å². The number of rotatable bonds is 2. The van der Waals surface area contributed by atoms with Crippen molar-refractivity contribution in [2.24, 2.45) is 0 Å². The van der Waals surface area contributed by atoms with E-state index >= 15 is 0 Å². The Bertz CT molecular complexity index is 550. The molecule has 1 heterocycles. The van der Waals surface area contributed by atoms with E-state index in [-0.39, 0.29) is 16.5 Å². The fraction of sp³-hybridized carbons (Fsp3) is 0.250. The molecule has 0 atom stereocenters. The maximum absolute atomic E-state index is 10.9. The fourth-order valence-electron chi connectivity index (χ4n) is 1.64. The molecule has 0 spiro atoms. The monoisotopic (exact) mass is 216 g/mol. The van der Waals surface area contributed by atoms with Gasteiger partial charge < -0.3 is 0 Å². The summed E-state index contributed by atoms with van der Waals surface area (Å²) in [4.78, 5) is 14.8. The highest BCUT2D eigenvalue weighted by molar-refractivity contribution is 5.90. The van der Waals surface area contributed by atoms with Gasteiger partial charge in [0.1, 0.15) is 0 Å². The maximum atomic E-state index is 10.9. The van der Waals surface area contributed by atoms with Gasteiger partial charge in [0.25, 0.3) is 5.69 Å². The lowest BCUT2D eigenvalue weighted by Crippen LogP contribution is -1.94. The molecule has 0 saturated carbocycles. The molecule has 0 fully saturated rings. The summed E-state index contributed by atoms with van der Waals surface area (Å²) < 4.78 is 0. The summed E-state index contributed by atoms with van der Waals surface area (Å²) in [5.74, 6) is 0.268. The molecule has 0 N–H and O–H groups in total. The molecule has 1 aromatic heterocycles. The second-order valence-electron chi connectivity index (χ2n) is 4.02. The molecule has 0 aliphatic carbocycles. The number of fused-ring (bicyclic) bond motifs is 1. The van der Waals surface area contributed by atoms with Crippen LogP contribution < -0.4 is 0 Å². The Kier molecular flexibility index (Phi) is 2.56. The van der Waals surface area contributed by atoms with Gasteiger partial charge in [-0.15, -0.1) is 0 Å². The number of pyridine rings is 1. The first kappa shape index (κ1) is 10.5. The van der Waals surface area contributed by atoms with E-state index in [4.69, 9.17) is 0 Å². The summed E-state index contributed by atoms with van der Waals surface area (Å²) in [5.41, 5.74) is 1.02. The highest BCUT2D eigenvalue weighted by Crippen LogP contribution is 2.27. The molecule has 2 rings (SSSR count). The standard InChI is InChI=1S/C12H12N2O2/c1-8(2)11-6-10-9(7-13-11)4-3-5-12(10)14(15)16/h3-8H,1-2H3. The highest BCUT2D eigenvalue weighted by Gasteiger charge is 2.12. The second kappa shape index (κ2) is 3.89. The molecule has 16 heavy (non-hydrogen) atoms. The van der Waals surface area contributed by atoms with Crippen molar-refractivity contribution in [3.63, 3.8) is 0 Å². The molecule has 0 radical (unpaired) electrons. The highest BCUT2D eigenvalue weighted by atomic mass is 16.6. The minimum atomic E-state index is -0.355. The lowest BCUT2D eigenvalue weighted by molar-refractivity contribution is -0.383. The zero-order valence-corrected chi connectivity index (χ0v) is 9.18. The molecule has 0 bridgehead atoms. The zero-order valence-electron chi connectivity index (χ0n) is 9.18. The van der Waals surface area contributed by atoms with Crippen molar-refractivity contribution in [2.75, 3.05) is 0 Å². The molecule has 4 heteroatoms. The average molecular weight is 216 g/mol. The van der Waals surface area contributed by atoms with E-state index in [9.17, 15) is 10.1 Å². The van der Waals surface area contributed by atoms with Crippen LogP contribution in [-0.2, 0) is 0 Å². The topological polar surface area (TPSA) is 56.0 Å². The SMILES string of the molecule is CC(C)c1cc2c([N+](=O)[O-])cccc2cn1. The molecule has 0 amide bonds. The van der Waals surface area contributed by atoms with Crippen LogP contribution in [0, 0.1) is 10.1 Å². The normalized spacial score (nSPS) is 10.9. The van der Waals surface area contributed by atoms with E-state index in [2.05, 4.69) is 4.98 Å². The molecule has 0 saturated heterocycles. The zero-order chi connectivity index (χ0) is 11.7. The van der Waals surface area contributed by atoms with E-state index < -0.39 is 0 Å². The van der Waals surface area contributed by atoms with Crippen LogP contribution in [0.5, 0.6) is 0 Å². The van der Waals surface area contributed by atoms with Crippen molar-refractivity contribution >= 4 is 16.5 Å². The third-order valence-electron chi connectivity index (χ3n) is 2.55. The Hall–Kier alpha value is -1.97. The molecule has 0 aliphatic heterocycles. The van der Waals surface area contributed by atoms with Crippen molar-refractivity contribution < 1.29 is 4.92 Å². The molecule has 0 aliphatic rings.